The molecular formula is C22H13ClFN3O2. The predicted molar refractivity (Wildman–Crippen MR) is 108 cm³/mol. The van der Waals surface area contributed by atoms with Crippen LogP contribution in [0.4, 0.5) is 10.1 Å². The Morgan fingerprint density at radius 1 is 1.17 bits per heavy atom. The first-order valence-electron chi connectivity index (χ1n) is 8.63. The molecule has 0 radical (unpaired) electrons. The second-order valence-corrected chi connectivity index (χ2v) is 6.85. The molecule has 3 aromatic carbocycles. The average Bonchev–Trinajstić information content (AvgIpc) is 3.12. The number of aryl methyl sites for hydroxylation is 1. The molecular weight excluding hydrogens is 393 g/mol. The van der Waals surface area contributed by atoms with Crippen molar-refractivity contribution in [3.05, 3.63) is 82.1 Å². The van der Waals surface area contributed by atoms with Crippen molar-refractivity contribution in [2.45, 2.75) is 6.92 Å². The first kappa shape index (κ1) is 18.7. The predicted octanol–water partition coefficient (Wildman–Crippen LogP) is 5.72. The molecule has 0 aliphatic rings. The minimum Gasteiger partial charge on any atom is -0.436 e. The minimum absolute atomic E-state index is 0.138. The number of halogens is 2. The van der Waals surface area contributed by atoms with Crippen molar-refractivity contribution in [2.75, 3.05) is 5.32 Å². The van der Waals surface area contributed by atoms with Crippen LogP contribution < -0.4 is 5.32 Å². The number of nitriles is 1. The third-order valence-corrected chi connectivity index (χ3v) is 4.67. The van der Waals surface area contributed by atoms with Crippen molar-refractivity contribution in [1.29, 1.82) is 5.26 Å². The van der Waals surface area contributed by atoms with Gasteiger partial charge in [-0.1, -0.05) is 17.7 Å². The van der Waals surface area contributed by atoms with Gasteiger partial charge in [0.25, 0.3) is 5.91 Å². The van der Waals surface area contributed by atoms with Crippen LogP contribution >= 0.6 is 11.6 Å². The third-order valence-electron chi connectivity index (χ3n) is 4.34. The number of nitrogens with zero attached hydrogens (tertiary/aromatic N) is 2. The van der Waals surface area contributed by atoms with E-state index in [1.165, 1.54) is 12.1 Å². The number of hydrogen-bond acceptors (Lipinski definition) is 4. The maximum atomic E-state index is 14.1. The highest BCUT2D eigenvalue weighted by molar-refractivity contribution is 6.33. The Balaban J connectivity index is 1.66. The molecule has 4 aromatic rings. The number of fused-ring (bicyclic) bond motifs is 1. The fourth-order valence-electron chi connectivity index (χ4n) is 2.89. The van der Waals surface area contributed by atoms with Crippen LogP contribution in [0, 0.1) is 24.1 Å². The zero-order valence-corrected chi connectivity index (χ0v) is 15.9. The average molecular weight is 406 g/mol. The van der Waals surface area contributed by atoms with Crippen LogP contribution in [-0.4, -0.2) is 10.9 Å². The lowest BCUT2D eigenvalue weighted by Gasteiger charge is -2.08. The van der Waals surface area contributed by atoms with E-state index in [1.54, 1.807) is 18.2 Å². The van der Waals surface area contributed by atoms with Gasteiger partial charge in [-0.05, 0) is 61.0 Å². The number of carbonyl (C=O) groups is 1. The SMILES string of the molecule is Cc1ccc2oc(-c3cc(NC(=O)c4ccc(C#N)cc4F)ccc3Cl)nc2c1. The number of anilines is 1. The summed E-state index contributed by atoms with van der Waals surface area (Å²) >= 11 is 6.30. The molecule has 5 nitrogen and oxygen atoms in total. The maximum absolute atomic E-state index is 14.1. The molecule has 1 aromatic heterocycles. The van der Waals surface area contributed by atoms with Gasteiger partial charge in [0.1, 0.15) is 11.3 Å². The Morgan fingerprint density at radius 3 is 2.76 bits per heavy atom. The number of oxazole rings is 1. The molecule has 142 valence electrons. The molecule has 1 N–H and O–H groups in total. The number of hydrogen-bond donors (Lipinski definition) is 1. The Bertz CT molecular complexity index is 1310. The lowest BCUT2D eigenvalue weighted by atomic mass is 10.1. The molecule has 0 fully saturated rings. The van der Waals surface area contributed by atoms with Gasteiger partial charge >= 0.3 is 0 Å². The number of rotatable bonds is 3. The molecule has 0 saturated heterocycles. The van der Waals surface area contributed by atoms with Gasteiger partial charge in [-0.3, -0.25) is 4.79 Å². The Hall–Kier alpha value is -3.69. The summed E-state index contributed by atoms with van der Waals surface area (Å²) in [5.74, 6) is -1.10. The van der Waals surface area contributed by atoms with E-state index in [4.69, 9.17) is 21.3 Å². The fraction of sp³-hybridized carbons (Fsp3) is 0.0455. The Morgan fingerprint density at radius 2 is 2.00 bits per heavy atom. The van der Waals surface area contributed by atoms with E-state index in [-0.39, 0.29) is 11.1 Å². The Labute approximate surface area is 170 Å². The molecule has 0 aliphatic heterocycles. The third kappa shape index (κ3) is 3.68. The summed E-state index contributed by atoms with van der Waals surface area (Å²) in [5.41, 5.74) is 3.24. The van der Waals surface area contributed by atoms with Gasteiger partial charge in [0, 0.05) is 5.69 Å². The first-order valence-corrected chi connectivity index (χ1v) is 9.00. The monoisotopic (exact) mass is 405 g/mol. The van der Waals surface area contributed by atoms with Gasteiger partial charge in [0.2, 0.25) is 5.89 Å². The summed E-state index contributed by atoms with van der Waals surface area (Å²) in [6, 6.07) is 15.9. The fourth-order valence-corrected chi connectivity index (χ4v) is 3.09. The van der Waals surface area contributed by atoms with Crippen LogP contribution in [0.15, 0.2) is 59.0 Å². The molecule has 0 unspecified atom stereocenters. The van der Waals surface area contributed by atoms with Crippen LogP contribution in [0.3, 0.4) is 0 Å². The zero-order valence-electron chi connectivity index (χ0n) is 15.2. The van der Waals surface area contributed by atoms with Crippen LogP contribution in [0.2, 0.25) is 5.02 Å². The normalized spacial score (nSPS) is 10.7. The van der Waals surface area contributed by atoms with Crippen LogP contribution in [0.25, 0.3) is 22.6 Å². The van der Waals surface area contributed by atoms with E-state index in [2.05, 4.69) is 10.3 Å². The van der Waals surface area contributed by atoms with Gasteiger partial charge in [0.15, 0.2) is 5.58 Å². The minimum atomic E-state index is -0.773. The number of amides is 1. The number of carbonyl (C=O) groups excluding carboxylic acids is 1. The van der Waals surface area contributed by atoms with Crippen molar-refractivity contribution in [1.82, 2.24) is 4.98 Å². The van der Waals surface area contributed by atoms with E-state index >= 15 is 0 Å². The number of benzene rings is 3. The molecule has 0 bridgehead atoms. The summed E-state index contributed by atoms with van der Waals surface area (Å²) < 4.78 is 19.9. The molecule has 1 amide bonds. The van der Waals surface area contributed by atoms with E-state index in [0.717, 1.165) is 11.6 Å². The van der Waals surface area contributed by atoms with Crippen LogP contribution in [0.1, 0.15) is 21.5 Å². The number of aromatic nitrogens is 1. The highest BCUT2D eigenvalue weighted by Gasteiger charge is 2.16. The van der Waals surface area contributed by atoms with E-state index < -0.39 is 11.7 Å². The Kier molecular flexibility index (Phi) is 4.75. The topological polar surface area (TPSA) is 78.9 Å². The molecule has 4 rings (SSSR count). The van der Waals surface area contributed by atoms with Crippen LogP contribution in [-0.2, 0) is 0 Å². The first-order chi connectivity index (χ1) is 13.9. The molecule has 0 aliphatic carbocycles. The maximum Gasteiger partial charge on any atom is 0.258 e. The summed E-state index contributed by atoms with van der Waals surface area (Å²) in [5, 5.41) is 11.8. The summed E-state index contributed by atoms with van der Waals surface area (Å²) in [6.07, 6.45) is 0. The van der Waals surface area contributed by atoms with Crippen LogP contribution in [0.5, 0.6) is 0 Å². The van der Waals surface area contributed by atoms with E-state index in [9.17, 15) is 9.18 Å². The van der Waals surface area contributed by atoms with Gasteiger partial charge in [-0.15, -0.1) is 0 Å². The van der Waals surface area contributed by atoms with Crippen molar-refractivity contribution in [2.24, 2.45) is 0 Å². The summed E-state index contributed by atoms with van der Waals surface area (Å²) in [6.45, 7) is 1.96. The molecule has 0 spiro atoms. The molecule has 1 heterocycles. The summed E-state index contributed by atoms with van der Waals surface area (Å²) in [7, 11) is 0. The second-order valence-electron chi connectivity index (χ2n) is 6.45. The van der Waals surface area contributed by atoms with E-state index in [1.807, 2.05) is 31.2 Å². The van der Waals surface area contributed by atoms with Gasteiger partial charge in [-0.2, -0.15) is 5.26 Å². The lowest BCUT2D eigenvalue weighted by molar-refractivity contribution is 0.102. The zero-order chi connectivity index (χ0) is 20.5. The van der Waals surface area contributed by atoms with Crippen molar-refractivity contribution >= 4 is 34.3 Å². The highest BCUT2D eigenvalue weighted by Crippen LogP contribution is 2.32. The van der Waals surface area contributed by atoms with Gasteiger partial charge < -0.3 is 9.73 Å². The van der Waals surface area contributed by atoms with Crippen molar-refractivity contribution in [3.63, 3.8) is 0 Å². The molecule has 29 heavy (non-hydrogen) atoms. The summed E-state index contributed by atoms with van der Waals surface area (Å²) in [4.78, 5) is 16.9. The largest absolute Gasteiger partial charge is 0.436 e. The highest BCUT2D eigenvalue weighted by atomic mass is 35.5. The molecule has 7 heteroatoms. The smallest absolute Gasteiger partial charge is 0.258 e. The van der Waals surface area contributed by atoms with Crippen molar-refractivity contribution in [3.8, 4) is 17.5 Å². The molecule has 0 atom stereocenters. The van der Waals surface area contributed by atoms with Crippen molar-refractivity contribution < 1.29 is 13.6 Å². The lowest BCUT2D eigenvalue weighted by Crippen LogP contribution is -2.14. The molecule has 0 saturated carbocycles. The number of nitrogens with one attached hydrogen (secondary N) is 1. The van der Waals surface area contributed by atoms with Gasteiger partial charge in [0.05, 0.1) is 27.8 Å². The second kappa shape index (κ2) is 7.38. The standard InChI is InChI=1S/C22H13ClFN3O2/c1-12-2-7-20-19(8-12)27-22(29-20)16-10-14(4-6-17(16)23)26-21(28)15-5-3-13(11-25)9-18(15)24/h2-10H,1H3,(H,26,28). The quantitative estimate of drug-likeness (QED) is 0.472. The van der Waals surface area contributed by atoms with Gasteiger partial charge in [-0.25, -0.2) is 9.37 Å². The van der Waals surface area contributed by atoms with E-state index in [0.29, 0.717) is 33.3 Å².